The van der Waals surface area contributed by atoms with E-state index in [1.54, 1.807) is 17.5 Å². The molecular weight excluding hydrogens is 282 g/mol. The van der Waals surface area contributed by atoms with Gasteiger partial charge >= 0.3 is 0 Å². The van der Waals surface area contributed by atoms with Gasteiger partial charge in [0.05, 0.1) is 4.88 Å². The molecule has 1 amide bonds. The summed E-state index contributed by atoms with van der Waals surface area (Å²) in [6.07, 6.45) is 3.56. The summed E-state index contributed by atoms with van der Waals surface area (Å²) in [5.74, 6) is 0.762. The summed E-state index contributed by atoms with van der Waals surface area (Å²) in [4.78, 5) is 17.8. The number of amides is 1. The quantitative estimate of drug-likeness (QED) is 0.796. The molecule has 2 aromatic heterocycles. The molecule has 2 heterocycles. The van der Waals surface area contributed by atoms with Gasteiger partial charge in [-0.05, 0) is 30.5 Å². The van der Waals surface area contributed by atoms with Crippen LogP contribution >= 0.6 is 11.3 Å². The van der Waals surface area contributed by atoms with Crippen molar-refractivity contribution in [2.75, 3.05) is 5.32 Å². The third kappa shape index (κ3) is 2.87. The molecule has 3 rings (SSSR count). The molecule has 0 aliphatic heterocycles. The highest BCUT2D eigenvalue weighted by atomic mass is 32.1. The molecule has 106 valence electrons. The Morgan fingerprint density at radius 3 is 2.76 bits per heavy atom. The Hall–Kier alpha value is -2.40. The lowest BCUT2D eigenvalue weighted by molar-refractivity contribution is -0.118. The summed E-state index contributed by atoms with van der Waals surface area (Å²) in [5.41, 5.74) is 0.798. The molecule has 0 spiro atoms. The van der Waals surface area contributed by atoms with Crippen LogP contribution in [0.4, 0.5) is 5.69 Å². The van der Waals surface area contributed by atoms with Crippen LogP contribution in [0, 0.1) is 0 Å². The van der Waals surface area contributed by atoms with Crippen LogP contribution in [0.25, 0.3) is 10.7 Å². The Morgan fingerprint density at radius 2 is 2.05 bits per heavy atom. The van der Waals surface area contributed by atoms with E-state index in [2.05, 4.69) is 10.3 Å². The lowest BCUT2D eigenvalue weighted by Gasteiger charge is -2.15. The summed E-state index contributed by atoms with van der Waals surface area (Å²) in [6, 6.07) is 13.1. The zero-order valence-electron chi connectivity index (χ0n) is 11.6. The van der Waals surface area contributed by atoms with Crippen molar-refractivity contribution in [2.24, 2.45) is 0 Å². The van der Waals surface area contributed by atoms with Crippen LogP contribution in [0.5, 0.6) is 0 Å². The van der Waals surface area contributed by atoms with Crippen molar-refractivity contribution >= 4 is 22.9 Å². The molecule has 4 nitrogen and oxygen atoms in total. The Labute approximate surface area is 127 Å². The van der Waals surface area contributed by atoms with E-state index in [1.807, 2.05) is 65.5 Å². The molecule has 21 heavy (non-hydrogen) atoms. The highest BCUT2D eigenvalue weighted by Gasteiger charge is 2.19. The highest BCUT2D eigenvalue weighted by molar-refractivity contribution is 7.13. The van der Waals surface area contributed by atoms with Crippen LogP contribution in [-0.4, -0.2) is 15.5 Å². The molecule has 0 saturated carbocycles. The van der Waals surface area contributed by atoms with E-state index in [0.717, 1.165) is 16.4 Å². The SMILES string of the molecule is CC(C(=O)Nc1ccccc1)n1ccnc1-c1cccs1. The maximum absolute atomic E-state index is 12.4. The van der Waals surface area contributed by atoms with Gasteiger partial charge in [0.2, 0.25) is 5.91 Å². The first-order valence-corrected chi connectivity index (χ1v) is 7.56. The summed E-state index contributed by atoms with van der Waals surface area (Å²) < 4.78 is 1.89. The second-order valence-electron chi connectivity index (χ2n) is 4.67. The molecule has 1 unspecified atom stereocenters. The maximum Gasteiger partial charge on any atom is 0.247 e. The molecule has 0 aliphatic rings. The molecule has 3 aromatic rings. The Kier molecular flexibility index (Phi) is 3.83. The first-order valence-electron chi connectivity index (χ1n) is 6.68. The molecule has 1 N–H and O–H groups in total. The van der Waals surface area contributed by atoms with Gasteiger partial charge in [-0.25, -0.2) is 4.98 Å². The molecule has 1 aromatic carbocycles. The molecule has 0 bridgehead atoms. The van der Waals surface area contributed by atoms with Crippen LogP contribution < -0.4 is 5.32 Å². The predicted molar refractivity (Wildman–Crippen MR) is 85.3 cm³/mol. The Bertz CT molecular complexity index is 719. The van der Waals surface area contributed by atoms with Crippen molar-refractivity contribution in [1.29, 1.82) is 0 Å². The standard InChI is InChI=1S/C16H15N3OS/c1-12(16(20)18-13-6-3-2-4-7-13)19-10-9-17-15(19)14-8-5-11-21-14/h2-12H,1H3,(H,18,20). The number of anilines is 1. The average Bonchev–Trinajstić information content (AvgIpc) is 3.18. The van der Waals surface area contributed by atoms with Gasteiger partial charge < -0.3 is 9.88 Å². The van der Waals surface area contributed by atoms with Gasteiger partial charge in [0.15, 0.2) is 5.82 Å². The van der Waals surface area contributed by atoms with Crippen LogP contribution in [0.15, 0.2) is 60.2 Å². The average molecular weight is 297 g/mol. The van der Waals surface area contributed by atoms with Gasteiger partial charge in [-0.3, -0.25) is 4.79 Å². The van der Waals surface area contributed by atoms with Gasteiger partial charge in [0.25, 0.3) is 0 Å². The van der Waals surface area contributed by atoms with E-state index in [9.17, 15) is 4.79 Å². The number of aromatic nitrogens is 2. The number of para-hydroxylation sites is 1. The third-order valence-electron chi connectivity index (χ3n) is 3.25. The van der Waals surface area contributed by atoms with Crippen molar-refractivity contribution in [3.8, 4) is 10.7 Å². The van der Waals surface area contributed by atoms with Crippen molar-refractivity contribution in [3.05, 3.63) is 60.2 Å². The second kappa shape index (κ2) is 5.93. The molecule has 1 atom stereocenters. The number of carbonyl (C=O) groups excluding carboxylic acids is 1. The lowest BCUT2D eigenvalue weighted by Crippen LogP contribution is -2.23. The number of nitrogens with zero attached hydrogens (tertiary/aromatic N) is 2. The number of carbonyl (C=O) groups is 1. The Morgan fingerprint density at radius 1 is 1.24 bits per heavy atom. The number of nitrogens with one attached hydrogen (secondary N) is 1. The van der Waals surface area contributed by atoms with Crippen LogP contribution in [0.2, 0.25) is 0 Å². The van der Waals surface area contributed by atoms with Crippen molar-refractivity contribution < 1.29 is 4.79 Å². The molecule has 0 saturated heterocycles. The smallest absolute Gasteiger partial charge is 0.247 e. The van der Waals surface area contributed by atoms with E-state index >= 15 is 0 Å². The van der Waals surface area contributed by atoms with Crippen molar-refractivity contribution in [2.45, 2.75) is 13.0 Å². The molecule has 5 heteroatoms. The van der Waals surface area contributed by atoms with E-state index in [-0.39, 0.29) is 11.9 Å². The summed E-state index contributed by atoms with van der Waals surface area (Å²) in [7, 11) is 0. The maximum atomic E-state index is 12.4. The van der Waals surface area contributed by atoms with Crippen molar-refractivity contribution in [3.63, 3.8) is 0 Å². The fraction of sp³-hybridized carbons (Fsp3) is 0.125. The number of imidazole rings is 1. The minimum atomic E-state index is -0.329. The molecule has 0 radical (unpaired) electrons. The highest BCUT2D eigenvalue weighted by Crippen LogP contribution is 2.25. The fourth-order valence-corrected chi connectivity index (χ4v) is 2.84. The zero-order valence-corrected chi connectivity index (χ0v) is 12.4. The summed E-state index contributed by atoms with van der Waals surface area (Å²) in [5, 5.41) is 4.92. The number of benzene rings is 1. The van der Waals surface area contributed by atoms with Gasteiger partial charge in [0, 0.05) is 18.1 Å². The monoisotopic (exact) mass is 297 g/mol. The minimum absolute atomic E-state index is 0.0583. The van der Waals surface area contributed by atoms with E-state index in [4.69, 9.17) is 0 Å². The number of thiophene rings is 1. The van der Waals surface area contributed by atoms with Crippen LogP contribution in [-0.2, 0) is 4.79 Å². The molecular formula is C16H15N3OS. The topological polar surface area (TPSA) is 46.9 Å². The number of hydrogen-bond acceptors (Lipinski definition) is 3. The number of hydrogen-bond donors (Lipinski definition) is 1. The zero-order chi connectivity index (χ0) is 14.7. The molecule has 0 aliphatic carbocycles. The van der Waals surface area contributed by atoms with Gasteiger partial charge in [-0.2, -0.15) is 0 Å². The first-order chi connectivity index (χ1) is 10.3. The molecule has 0 fully saturated rings. The van der Waals surface area contributed by atoms with Crippen LogP contribution in [0.3, 0.4) is 0 Å². The summed E-state index contributed by atoms with van der Waals surface area (Å²) in [6.45, 7) is 1.87. The van der Waals surface area contributed by atoms with Gasteiger partial charge in [-0.1, -0.05) is 24.3 Å². The fourth-order valence-electron chi connectivity index (χ4n) is 2.12. The predicted octanol–water partition coefficient (Wildman–Crippen LogP) is 3.81. The van der Waals surface area contributed by atoms with E-state index in [1.165, 1.54) is 0 Å². The Balaban J connectivity index is 1.81. The first kappa shape index (κ1) is 13.6. The van der Waals surface area contributed by atoms with Crippen molar-refractivity contribution in [1.82, 2.24) is 9.55 Å². The normalized spacial score (nSPS) is 12.0. The van der Waals surface area contributed by atoms with E-state index < -0.39 is 0 Å². The van der Waals surface area contributed by atoms with Gasteiger partial charge in [-0.15, -0.1) is 11.3 Å². The number of rotatable bonds is 4. The summed E-state index contributed by atoms with van der Waals surface area (Å²) >= 11 is 1.61. The van der Waals surface area contributed by atoms with E-state index in [0.29, 0.717) is 0 Å². The van der Waals surface area contributed by atoms with Crippen LogP contribution in [0.1, 0.15) is 13.0 Å². The minimum Gasteiger partial charge on any atom is -0.324 e. The third-order valence-corrected chi connectivity index (χ3v) is 4.11. The van der Waals surface area contributed by atoms with Gasteiger partial charge in [0.1, 0.15) is 6.04 Å². The largest absolute Gasteiger partial charge is 0.324 e. The second-order valence-corrected chi connectivity index (χ2v) is 5.61. The lowest BCUT2D eigenvalue weighted by atomic mass is 10.2.